The Morgan fingerprint density at radius 2 is 1.82 bits per heavy atom. The van der Waals surface area contributed by atoms with E-state index in [1.165, 1.54) is 0 Å². The number of benzene rings is 1. The van der Waals surface area contributed by atoms with Crippen molar-refractivity contribution in [1.29, 1.82) is 0 Å². The lowest BCUT2D eigenvalue weighted by Gasteiger charge is -2.09. The van der Waals surface area contributed by atoms with E-state index in [2.05, 4.69) is 10.5 Å². The van der Waals surface area contributed by atoms with Gasteiger partial charge in [0.2, 0.25) is 0 Å². The quantitative estimate of drug-likeness (QED) is 0.643. The van der Waals surface area contributed by atoms with E-state index in [9.17, 15) is 9.59 Å². The van der Waals surface area contributed by atoms with Gasteiger partial charge in [-0.25, -0.2) is 9.59 Å². The Bertz CT molecular complexity index is 395. The number of hydrogen-bond acceptors (Lipinski definition) is 4. The van der Waals surface area contributed by atoms with Gasteiger partial charge in [0.05, 0.1) is 0 Å². The fourth-order valence-electron chi connectivity index (χ4n) is 1.13. The third-order valence-electron chi connectivity index (χ3n) is 1.87. The van der Waals surface area contributed by atoms with Crippen LogP contribution in [-0.4, -0.2) is 18.1 Å². The van der Waals surface area contributed by atoms with Crippen molar-refractivity contribution in [3.05, 3.63) is 34.9 Å². The number of ether oxygens (including phenoxy) is 1. The van der Waals surface area contributed by atoms with E-state index in [4.69, 9.17) is 17.3 Å². The zero-order valence-electron chi connectivity index (χ0n) is 8.76. The fraction of sp³-hybridized carbons (Fsp3) is 0.200. The van der Waals surface area contributed by atoms with Gasteiger partial charge >= 0.3 is 12.1 Å². The molecular formula is C10H12Cl2N2O3. The van der Waals surface area contributed by atoms with Gasteiger partial charge in [0, 0.05) is 5.02 Å². The van der Waals surface area contributed by atoms with Gasteiger partial charge in [-0.15, -0.1) is 12.4 Å². The third kappa shape index (κ3) is 5.53. The highest BCUT2D eigenvalue weighted by Crippen LogP contribution is 2.10. The van der Waals surface area contributed by atoms with Gasteiger partial charge < -0.3 is 16.2 Å². The third-order valence-corrected chi connectivity index (χ3v) is 2.12. The summed E-state index contributed by atoms with van der Waals surface area (Å²) in [5.41, 5.74) is 11.0. The second-order valence-electron chi connectivity index (χ2n) is 3.18. The van der Waals surface area contributed by atoms with E-state index in [0.29, 0.717) is 5.02 Å². The predicted molar refractivity (Wildman–Crippen MR) is 66.1 cm³/mol. The molecule has 1 aromatic rings. The predicted octanol–water partition coefficient (Wildman–Crippen LogP) is 1.25. The molecule has 4 N–H and O–H groups in total. The van der Waals surface area contributed by atoms with Crippen LogP contribution in [0.1, 0.15) is 5.56 Å². The molecule has 94 valence electrons. The first-order chi connectivity index (χ1) is 7.49. The Labute approximate surface area is 109 Å². The van der Waals surface area contributed by atoms with E-state index in [1.54, 1.807) is 24.3 Å². The molecule has 0 aliphatic carbocycles. The van der Waals surface area contributed by atoms with Crippen molar-refractivity contribution in [2.45, 2.75) is 12.5 Å². The van der Waals surface area contributed by atoms with Crippen LogP contribution < -0.4 is 11.5 Å². The largest absolute Gasteiger partial charge is 0.412 e. The standard InChI is InChI=1S/C10H11ClN2O3.ClH/c11-7-3-1-6(2-4-7)5-8(12)9(14)16-10(13)15;/h1-4,8H,5,12H2,(H2,13,15);1H/t8-;/m1./s1. The van der Waals surface area contributed by atoms with Crippen LogP contribution in [0.4, 0.5) is 4.79 Å². The van der Waals surface area contributed by atoms with Gasteiger partial charge in [-0.3, -0.25) is 0 Å². The molecule has 17 heavy (non-hydrogen) atoms. The lowest BCUT2D eigenvalue weighted by atomic mass is 10.1. The average Bonchev–Trinajstić information content (AvgIpc) is 2.20. The zero-order chi connectivity index (χ0) is 12.1. The van der Waals surface area contributed by atoms with Crippen LogP contribution >= 0.6 is 24.0 Å². The van der Waals surface area contributed by atoms with Crippen LogP contribution in [0.25, 0.3) is 0 Å². The molecule has 0 saturated heterocycles. The summed E-state index contributed by atoms with van der Waals surface area (Å²) in [6, 6.07) is 5.92. The number of rotatable bonds is 3. The molecular weight excluding hydrogens is 267 g/mol. The molecule has 0 spiro atoms. The molecule has 5 nitrogen and oxygen atoms in total. The van der Waals surface area contributed by atoms with Crippen molar-refractivity contribution in [3.8, 4) is 0 Å². The van der Waals surface area contributed by atoms with E-state index >= 15 is 0 Å². The summed E-state index contributed by atoms with van der Waals surface area (Å²) in [4.78, 5) is 21.5. The number of amides is 1. The minimum absolute atomic E-state index is 0. The number of carbonyl (C=O) groups excluding carboxylic acids is 2. The van der Waals surface area contributed by atoms with Gasteiger partial charge in [0.15, 0.2) is 0 Å². The van der Waals surface area contributed by atoms with E-state index in [-0.39, 0.29) is 18.8 Å². The molecule has 0 aliphatic heterocycles. The molecule has 0 unspecified atom stereocenters. The van der Waals surface area contributed by atoms with Gasteiger partial charge in [-0.1, -0.05) is 23.7 Å². The zero-order valence-corrected chi connectivity index (χ0v) is 10.3. The Morgan fingerprint density at radius 1 is 1.29 bits per heavy atom. The minimum atomic E-state index is -1.16. The molecule has 0 aliphatic rings. The second-order valence-corrected chi connectivity index (χ2v) is 3.61. The first-order valence-corrected chi connectivity index (χ1v) is 4.88. The molecule has 0 heterocycles. The molecule has 1 aromatic carbocycles. The average molecular weight is 279 g/mol. The van der Waals surface area contributed by atoms with E-state index in [1.807, 2.05) is 0 Å². The number of halogens is 2. The number of primary amides is 1. The van der Waals surface area contributed by atoms with E-state index in [0.717, 1.165) is 5.56 Å². The van der Waals surface area contributed by atoms with Crippen molar-refractivity contribution in [3.63, 3.8) is 0 Å². The smallest absolute Gasteiger partial charge is 0.375 e. The molecule has 1 amide bonds. The van der Waals surface area contributed by atoms with E-state index < -0.39 is 18.1 Å². The Kier molecular flexibility index (Phi) is 6.57. The van der Waals surface area contributed by atoms with Gasteiger partial charge in [-0.2, -0.15) is 0 Å². The summed E-state index contributed by atoms with van der Waals surface area (Å²) in [7, 11) is 0. The first kappa shape index (κ1) is 15.7. The summed E-state index contributed by atoms with van der Waals surface area (Å²) in [5, 5.41) is 0.594. The first-order valence-electron chi connectivity index (χ1n) is 4.50. The number of nitrogens with two attached hydrogens (primary N) is 2. The lowest BCUT2D eigenvalue weighted by Crippen LogP contribution is -2.36. The van der Waals surface area contributed by atoms with Crippen LogP contribution in [-0.2, 0) is 16.0 Å². The van der Waals surface area contributed by atoms with Crippen LogP contribution in [0, 0.1) is 0 Å². The maximum atomic E-state index is 11.2. The molecule has 1 atom stereocenters. The summed E-state index contributed by atoms with van der Waals surface area (Å²) < 4.78 is 4.16. The SMILES string of the molecule is Cl.NC(=O)OC(=O)[C@H](N)Cc1ccc(Cl)cc1. The van der Waals surface area contributed by atoms with Crippen LogP contribution in [0.3, 0.4) is 0 Å². The minimum Gasteiger partial charge on any atom is -0.375 e. The molecule has 0 bridgehead atoms. The van der Waals surface area contributed by atoms with Gasteiger partial charge in [0.25, 0.3) is 0 Å². The highest BCUT2D eigenvalue weighted by atomic mass is 35.5. The maximum Gasteiger partial charge on any atom is 0.412 e. The molecule has 1 rings (SSSR count). The van der Waals surface area contributed by atoms with Gasteiger partial charge in [0.1, 0.15) is 6.04 Å². The molecule has 7 heteroatoms. The highest BCUT2D eigenvalue weighted by Gasteiger charge is 2.17. The Hall–Kier alpha value is -1.30. The van der Waals surface area contributed by atoms with Crippen molar-refractivity contribution in [1.82, 2.24) is 0 Å². The van der Waals surface area contributed by atoms with Crippen molar-refractivity contribution in [2.75, 3.05) is 0 Å². The fourth-order valence-corrected chi connectivity index (χ4v) is 1.26. The van der Waals surface area contributed by atoms with Crippen molar-refractivity contribution in [2.24, 2.45) is 11.5 Å². The normalized spacial score (nSPS) is 11.2. The van der Waals surface area contributed by atoms with Crippen LogP contribution in [0.2, 0.25) is 5.02 Å². The van der Waals surface area contributed by atoms with Crippen LogP contribution in [0.15, 0.2) is 24.3 Å². The molecule has 0 saturated carbocycles. The maximum absolute atomic E-state index is 11.2. The summed E-state index contributed by atoms with van der Waals surface area (Å²) in [5.74, 6) is -0.845. The van der Waals surface area contributed by atoms with Crippen molar-refractivity contribution < 1.29 is 14.3 Å². The number of hydrogen-bond donors (Lipinski definition) is 2. The summed E-state index contributed by atoms with van der Waals surface area (Å²) in [6.45, 7) is 0. The van der Waals surface area contributed by atoms with Crippen LogP contribution in [0.5, 0.6) is 0 Å². The topological polar surface area (TPSA) is 95.4 Å². The monoisotopic (exact) mass is 278 g/mol. The summed E-state index contributed by atoms with van der Waals surface area (Å²) in [6.07, 6.45) is -0.903. The second kappa shape index (κ2) is 7.11. The Morgan fingerprint density at radius 3 is 2.29 bits per heavy atom. The number of carbonyl (C=O) groups is 2. The molecule has 0 aromatic heterocycles. The molecule has 0 radical (unpaired) electrons. The van der Waals surface area contributed by atoms with Gasteiger partial charge in [-0.05, 0) is 24.1 Å². The van der Waals surface area contributed by atoms with Crippen molar-refractivity contribution >= 4 is 36.1 Å². The Balaban J connectivity index is 0.00000256. The lowest BCUT2D eigenvalue weighted by molar-refractivity contribution is -0.138. The highest BCUT2D eigenvalue weighted by molar-refractivity contribution is 6.30. The molecule has 0 fully saturated rings. The number of esters is 1. The summed E-state index contributed by atoms with van der Waals surface area (Å²) >= 11 is 5.70.